The van der Waals surface area contributed by atoms with Gasteiger partial charge in [0.05, 0.1) is 0 Å². The minimum atomic E-state index is -0.0774. The maximum atomic E-state index is 11.2. The number of Topliss-reactive ketones (excluding diaryl/α,β-unsaturated/α-hetero) is 1. The fraction of sp³-hybridized carbons (Fsp3) is 0.429. The second kappa shape index (κ2) is 3.59. The largest absolute Gasteiger partial charge is 0.328 e. The first-order chi connectivity index (χ1) is 5.20. The molecule has 0 amide bonds. The lowest BCUT2D eigenvalue weighted by Gasteiger charge is -1.99. The number of carbonyl (C=O) groups excluding carboxylic acids is 1. The van der Waals surface area contributed by atoms with Crippen LogP contribution in [0.5, 0.6) is 0 Å². The van der Waals surface area contributed by atoms with Gasteiger partial charge in [-0.05, 0) is 6.92 Å². The van der Waals surface area contributed by atoms with Gasteiger partial charge in [0.15, 0.2) is 10.8 Å². The summed E-state index contributed by atoms with van der Waals surface area (Å²) in [5.74, 6) is 0.0370. The van der Waals surface area contributed by atoms with E-state index >= 15 is 0 Å². The summed E-state index contributed by atoms with van der Waals surface area (Å²) in [6, 6.07) is -0.0774. The number of ketones is 1. The molecule has 0 saturated heterocycles. The Kier molecular flexibility index (Phi) is 2.73. The zero-order chi connectivity index (χ0) is 8.27. The summed E-state index contributed by atoms with van der Waals surface area (Å²) < 4.78 is 0. The Morgan fingerprint density at radius 1 is 1.91 bits per heavy atom. The summed E-state index contributed by atoms with van der Waals surface area (Å²) in [6.07, 6.45) is 2.01. The van der Waals surface area contributed by atoms with Gasteiger partial charge in [0.2, 0.25) is 0 Å². The van der Waals surface area contributed by atoms with Crippen LogP contribution in [0.4, 0.5) is 0 Å². The number of nitrogens with two attached hydrogens (primary N) is 1. The highest BCUT2D eigenvalue weighted by atomic mass is 32.1. The first kappa shape index (κ1) is 8.36. The standard InChI is InChI=1S/C7H10N2OS/c1-5(8)4-6(10)7-9-2-3-11-7/h2-3,5H,4,8H2,1H3/t5-/m1/s1. The van der Waals surface area contributed by atoms with Gasteiger partial charge >= 0.3 is 0 Å². The van der Waals surface area contributed by atoms with Crippen molar-refractivity contribution in [3.63, 3.8) is 0 Å². The molecule has 2 N–H and O–H groups in total. The van der Waals surface area contributed by atoms with Crippen LogP contribution in [0.15, 0.2) is 11.6 Å². The predicted octanol–water partition coefficient (Wildman–Crippen LogP) is 1.06. The highest BCUT2D eigenvalue weighted by molar-refractivity contribution is 7.11. The Labute approximate surface area is 69.3 Å². The summed E-state index contributed by atoms with van der Waals surface area (Å²) in [5, 5.41) is 2.34. The molecule has 0 aliphatic carbocycles. The third kappa shape index (κ3) is 2.40. The van der Waals surface area contributed by atoms with Gasteiger partial charge in [-0.3, -0.25) is 4.79 Å². The Morgan fingerprint density at radius 3 is 3.09 bits per heavy atom. The van der Waals surface area contributed by atoms with Crippen LogP contribution in [-0.4, -0.2) is 16.8 Å². The molecule has 0 radical (unpaired) electrons. The van der Waals surface area contributed by atoms with Crippen molar-refractivity contribution in [2.75, 3.05) is 0 Å². The van der Waals surface area contributed by atoms with Crippen molar-refractivity contribution in [2.24, 2.45) is 5.73 Å². The summed E-state index contributed by atoms with van der Waals surface area (Å²) >= 11 is 1.36. The molecule has 1 rings (SSSR count). The molecular formula is C7H10N2OS. The van der Waals surface area contributed by atoms with Gasteiger partial charge < -0.3 is 5.73 Å². The van der Waals surface area contributed by atoms with E-state index in [-0.39, 0.29) is 11.8 Å². The highest BCUT2D eigenvalue weighted by Gasteiger charge is 2.09. The number of rotatable bonds is 3. The quantitative estimate of drug-likeness (QED) is 0.690. The molecule has 4 heteroatoms. The topological polar surface area (TPSA) is 56.0 Å². The van der Waals surface area contributed by atoms with Crippen molar-refractivity contribution >= 4 is 17.1 Å². The molecule has 0 unspecified atom stereocenters. The summed E-state index contributed by atoms with van der Waals surface area (Å²) in [5.41, 5.74) is 5.46. The van der Waals surface area contributed by atoms with Gasteiger partial charge in [-0.2, -0.15) is 0 Å². The van der Waals surface area contributed by atoms with E-state index < -0.39 is 0 Å². The highest BCUT2D eigenvalue weighted by Crippen LogP contribution is 2.07. The molecule has 0 aromatic carbocycles. The maximum Gasteiger partial charge on any atom is 0.192 e. The van der Waals surface area contributed by atoms with Crippen molar-refractivity contribution in [3.8, 4) is 0 Å². The average Bonchev–Trinajstić information content (AvgIpc) is 2.35. The molecule has 1 atom stereocenters. The summed E-state index contributed by atoms with van der Waals surface area (Å²) in [7, 11) is 0. The monoisotopic (exact) mass is 170 g/mol. The Morgan fingerprint density at radius 2 is 2.64 bits per heavy atom. The lowest BCUT2D eigenvalue weighted by Crippen LogP contribution is -2.19. The predicted molar refractivity (Wildman–Crippen MR) is 44.7 cm³/mol. The van der Waals surface area contributed by atoms with Crippen LogP contribution in [0.1, 0.15) is 23.1 Å². The van der Waals surface area contributed by atoms with Crippen molar-refractivity contribution in [2.45, 2.75) is 19.4 Å². The van der Waals surface area contributed by atoms with E-state index in [1.54, 1.807) is 11.6 Å². The number of hydrogen-bond donors (Lipinski definition) is 1. The second-order valence-corrected chi connectivity index (χ2v) is 3.34. The summed E-state index contributed by atoms with van der Waals surface area (Å²) in [6.45, 7) is 1.81. The van der Waals surface area contributed by atoms with Crippen LogP contribution in [0.3, 0.4) is 0 Å². The van der Waals surface area contributed by atoms with Gasteiger partial charge in [-0.25, -0.2) is 4.98 Å². The normalized spacial score (nSPS) is 12.9. The molecule has 0 fully saturated rings. The Balaban J connectivity index is 2.57. The fourth-order valence-electron chi connectivity index (χ4n) is 0.741. The van der Waals surface area contributed by atoms with Crippen LogP contribution >= 0.6 is 11.3 Å². The molecule has 1 aromatic heterocycles. The molecule has 1 aromatic rings. The lowest BCUT2D eigenvalue weighted by molar-refractivity contribution is 0.0976. The SMILES string of the molecule is C[C@@H](N)CC(=O)c1nccs1. The van der Waals surface area contributed by atoms with Crippen molar-refractivity contribution in [3.05, 3.63) is 16.6 Å². The maximum absolute atomic E-state index is 11.2. The van der Waals surface area contributed by atoms with Gasteiger partial charge in [0.25, 0.3) is 0 Å². The number of thiazole rings is 1. The minimum Gasteiger partial charge on any atom is -0.328 e. The molecular weight excluding hydrogens is 160 g/mol. The van der Waals surface area contributed by atoms with Crippen LogP contribution in [0, 0.1) is 0 Å². The molecule has 60 valence electrons. The molecule has 0 saturated carbocycles. The van der Waals surface area contributed by atoms with Gasteiger partial charge in [0.1, 0.15) is 0 Å². The van der Waals surface area contributed by atoms with E-state index in [4.69, 9.17) is 5.73 Å². The van der Waals surface area contributed by atoms with Gasteiger partial charge in [-0.1, -0.05) is 0 Å². The van der Waals surface area contributed by atoms with Crippen LogP contribution < -0.4 is 5.73 Å². The zero-order valence-corrected chi connectivity index (χ0v) is 7.10. The Bertz CT molecular complexity index is 231. The number of carbonyl (C=O) groups is 1. The first-order valence-corrected chi connectivity index (χ1v) is 4.26. The third-order valence-electron chi connectivity index (χ3n) is 1.18. The molecule has 1 heterocycles. The third-order valence-corrected chi connectivity index (χ3v) is 1.99. The number of aromatic nitrogens is 1. The minimum absolute atomic E-state index is 0.0370. The molecule has 0 bridgehead atoms. The van der Waals surface area contributed by atoms with E-state index in [9.17, 15) is 4.79 Å². The van der Waals surface area contributed by atoms with E-state index in [0.717, 1.165) is 0 Å². The van der Waals surface area contributed by atoms with Gasteiger partial charge in [-0.15, -0.1) is 11.3 Å². The van der Waals surface area contributed by atoms with E-state index in [0.29, 0.717) is 11.4 Å². The fourth-order valence-corrected chi connectivity index (χ4v) is 1.33. The second-order valence-electron chi connectivity index (χ2n) is 2.44. The van der Waals surface area contributed by atoms with Crippen molar-refractivity contribution < 1.29 is 4.79 Å². The Hall–Kier alpha value is -0.740. The average molecular weight is 170 g/mol. The zero-order valence-electron chi connectivity index (χ0n) is 6.28. The summed E-state index contributed by atoms with van der Waals surface area (Å²) in [4.78, 5) is 15.1. The molecule has 0 aliphatic heterocycles. The molecule has 0 spiro atoms. The van der Waals surface area contributed by atoms with Gasteiger partial charge in [0, 0.05) is 24.0 Å². The van der Waals surface area contributed by atoms with E-state index in [1.165, 1.54) is 11.3 Å². The number of nitrogens with zero attached hydrogens (tertiary/aromatic N) is 1. The molecule has 3 nitrogen and oxygen atoms in total. The van der Waals surface area contributed by atoms with E-state index in [2.05, 4.69) is 4.98 Å². The van der Waals surface area contributed by atoms with Crippen LogP contribution in [-0.2, 0) is 0 Å². The smallest absolute Gasteiger partial charge is 0.192 e. The lowest BCUT2D eigenvalue weighted by atomic mass is 10.2. The van der Waals surface area contributed by atoms with Crippen molar-refractivity contribution in [1.29, 1.82) is 0 Å². The van der Waals surface area contributed by atoms with Crippen molar-refractivity contribution in [1.82, 2.24) is 4.98 Å². The van der Waals surface area contributed by atoms with E-state index in [1.807, 2.05) is 6.92 Å². The van der Waals surface area contributed by atoms with Crippen LogP contribution in [0.25, 0.3) is 0 Å². The number of hydrogen-bond acceptors (Lipinski definition) is 4. The molecule has 0 aliphatic rings. The van der Waals surface area contributed by atoms with Crippen LogP contribution in [0.2, 0.25) is 0 Å². The first-order valence-electron chi connectivity index (χ1n) is 3.38. The molecule has 11 heavy (non-hydrogen) atoms.